The Morgan fingerprint density at radius 3 is 2.71 bits per heavy atom. The minimum Gasteiger partial charge on any atom is -0.493 e. The lowest BCUT2D eigenvalue weighted by Crippen LogP contribution is -2.38. The highest BCUT2D eigenvalue weighted by atomic mass is 79.9. The van der Waals surface area contributed by atoms with Gasteiger partial charge >= 0.3 is 0 Å². The molecule has 1 aliphatic heterocycles. The Bertz CT molecular complexity index is 323. The van der Waals surface area contributed by atoms with Crippen LogP contribution >= 0.6 is 15.9 Å². The van der Waals surface area contributed by atoms with Gasteiger partial charge in [0, 0.05) is 4.47 Å². The van der Waals surface area contributed by atoms with E-state index in [4.69, 9.17) is 14.2 Å². The zero-order valence-corrected chi connectivity index (χ0v) is 9.41. The number of methoxy groups -OCH3 is 1. The SMILES string of the molecule is COc1cc(Br)ccc1OC1COC1. The van der Waals surface area contributed by atoms with Crippen LogP contribution in [0.4, 0.5) is 0 Å². The van der Waals surface area contributed by atoms with Crippen LogP contribution in [-0.2, 0) is 4.74 Å². The fourth-order valence-electron chi connectivity index (χ4n) is 1.20. The molecule has 1 aromatic rings. The molecule has 1 aromatic carbocycles. The summed E-state index contributed by atoms with van der Waals surface area (Å²) in [4.78, 5) is 0. The Kier molecular flexibility index (Phi) is 2.93. The zero-order chi connectivity index (χ0) is 9.97. The fourth-order valence-corrected chi connectivity index (χ4v) is 1.54. The summed E-state index contributed by atoms with van der Waals surface area (Å²) in [6, 6.07) is 5.70. The Hall–Kier alpha value is -0.740. The molecule has 4 heteroatoms. The predicted molar refractivity (Wildman–Crippen MR) is 55.9 cm³/mol. The van der Waals surface area contributed by atoms with Crippen molar-refractivity contribution in [2.45, 2.75) is 6.10 Å². The van der Waals surface area contributed by atoms with Gasteiger partial charge in [0.1, 0.15) is 6.10 Å². The molecule has 1 fully saturated rings. The van der Waals surface area contributed by atoms with E-state index in [9.17, 15) is 0 Å². The van der Waals surface area contributed by atoms with Crippen LogP contribution in [0.3, 0.4) is 0 Å². The van der Waals surface area contributed by atoms with Gasteiger partial charge in [-0.2, -0.15) is 0 Å². The van der Waals surface area contributed by atoms with Gasteiger partial charge < -0.3 is 14.2 Å². The Morgan fingerprint density at radius 1 is 1.36 bits per heavy atom. The molecular weight excluding hydrogens is 248 g/mol. The largest absolute Gasteiger partial charge is 0.493 e. The van der Waals surface area contributed by atoms with Gasteiger partial charge in [-0.1, -0.05) is 15.9 Å². The maximum atomic E-state index is 5.66. The van der Waals surface area contributed by atoms with Crippen molar-refractivity contribution < 1.29 is 14.2 Å². The molecule has 0 aliphatic carbocycles. The molecule has 0 aromatic heterocycles. The van der Waals surface area contributed by atoms with Crippen LogP contribution in [0.1, 0.15) is 0 Å². The van der Waals surface area contributed by atoms with Gasteiger partial charge in [0.05, 0.1) is 20.3 Å². The quantitative estimate of drug-likeness (QED) is 0.833. The van der Waals surface area contributed by atoms with E-state index in [0.717, 1.165) is 16.0 Å². The van der Waals surface area contributed by atoms with E-state index >= 15 is 0 Å². The average Bonchev–Trinajstić information content (AvgIpc) is 2.13. The van der Waals surface area contributed by atoms with Crippen molar-refractivity contribution >= 4 is 15.9 Å². The van der Waals surface area contributed by atoms with E-state index in [0.29, 0.717) is 13.2 Å². The van der Waals surface area contributed by atoms with Crippen molar-refractivity contribution in [3.63, 3.8) is 0 Å². The van der Waals surface area contributed by atoms with E-state index in [1.807, 2.05) is 18.2 Å². The first-order valence-electron chi connectivity index (χ1n) is 4.37. The molecule has 1 heterocycles. The summed E-state index contributed by atoms with van der Waals surface area (Å²) in [7, 11) is 1.63. The number of ether oxygens (including phenoxy) is 3. The summed E-state index contributed by atoms with van der Waals surface area (Å²) in [6.45, 7) is 1.33. The van der Waals surface area contributed by atoms with Gasteiger partial charge in [0.2, 0.25) is 0 Å². The molecule has 0 bridgehead atoms. The maximum Gasteiger partial charge on any atom is 0.161 e. The lowest BCUT2D eigenvalue weighted by Gasteiger charge is -2.27. The average molecular weight is 259 g/mol. The lowest BCUT2D eigenvalue weighted by atomic mass is 10.3. The maximum absolute atomic E-state index is 5.66. The summed E-state index contributed by atoms with van der Waals surface area (Å²) in [5.74, 6) is 1.51. The van der Waals surface area contributed by atoms with Crippen molar-refractivity contribution in [2.75, 3.05) is 20.3 Å². The van der Waals surface area contributed by atoms with Gasteiger partial charge in [-0.05, 0) is 18.2 Å². The fraction of sp³-hybridized carbons (Fsp3) is 0.400. The molecule has 2 rings (SSSR count). The zero-order valence-electron chi connectivity index (χ0n) is 7.83. The molecule has 1 saturated heterocycles. The molecule has 0 N–H and O–H groups in total. The van der Waals surface area contributed by atoms with E-state index < -0.39 is 0 Å². The molecule has 14 heavy (non-hydrogen) atoms. The summed E-state index contributed by atoms with van der Waals surface area (Å²) in [5.41, 5.74) is 0. The monoisotopic (exact) mass is 258 g/mol. The van der Waals surface area contributed by atoms with E-state index in [-0.39, 0.29) is 6.10 Å². The summed E-state index contributed by atoms with van der Waals surface area (Å²) in [5, 5.41) is 0. The van der Waals surface area contributed by atoms with E-state index in [2.05, 4.69) is 15.9 Å². The first-order chi connectivity index (χ1) is 6.79. The normalized spacial score (nSPS) is 16.1. The Balaban J connectivity index is 2.14. The summed E-state index contributed by atoms with van der Waals surface area (Å²) >= 11 is 3.37. The van der Waals surface area contributed by atoms with Crippen LogP contribution in [0.25, 0.3) is 0 Å². The molecule has 0 amide bonds. The topological polar surface area (TPSA) is 27.7 Å². The van der Waals surface area contributed by atoms with Crippen LogP contribution in [0.5, 0.6) is 11.5 Å². The Labute approximate surface area is 91.1 Å². The minimum absolute atomic E-state index is 0.171. The first kappa shape index (κ1) is 9.80. The van der Waals surface area contributed by atoms with Crippen molar-refractivity contribution in [2.24, 2.45) is 0 Å². The molecule has 0 radical (unpaired) electrons. The molecule has 1 aliphatic rings. The number of hydrogen-bond donors (Lipinski definition) is 0. The third kappa shape index (κ3) is 2.01. The van der Waals surface area contributed by atoms with Crippen molar-refractivity contribution in [1.29, 1.82) is 0 Å². The highest BCUT2D eigenvalue weighted by Crippen LogP contribution is 2.31. The van der Waals surface area contributed by atoms with Gasteiger partial charge in [-0.15, -0.1) is 0 Å². The molecule has 0 unspecified atom stereocenters. The van der Waals surface area contributed by atoms with Gasteiger partial charge in [-0.25, -0.2) is 0 Å². The second-order valence-corrected chi connectivity index (χ2v) is 3.99. The molecule has 3 nitrogen and oxygen atoms in total. The number of halogens is 1. The highest BCUT2D eigenvalue weighted by molar-refractivity contribution is 9.10. The molecule has 0 saturated carbocycles. The van der Waals surface area contributed by atoms with Crippen LogP contribution in [0, 0.1) is 0 Å². The molecule has 0 spiro atoms. The smallest absolute Gasteiger partial charge is 0.161 e. The van der Waals surface area contributed by atoms with Crippen LogP contribution < -0.4 is 9.47 Å². The van der Waals surface area contributed by atoms with Crippen LogP contribution in [0.2, 0.25) is 0 Å². The first-order valence-corrected chi connectivity index (χ1v) is 5.17. The van der Waals surface area contributed by atoms with Gasteiger partial charge in [0.15, 0.2) is 11.5 Å². The molecule has 76 valence electrons. The number of hydrogen-bond acceptors (Lipinski definition) is 3. The number of benzene rings is 1. The third-order valence-electron chi connectivity index (χ3n) is 2.03. The molecule has 0 atom stereocenters. The number of rotatable bonds is 3. The standard InChI is InChI=1S/C10H11BrO3/c1-12-10-4-7(11)2-3-9(10)14-8-5-13-6-8/h2-4,8H,5-6H2,1H3. The lowest BCUT2D eigenvalue weighted by molar-refractivity contribution is -0.0803. The van der Waals surface area contributed by atoms with Crippen LogP contribution in [-0.4, -0.2) is 26.4 Å². The summed E-state index contributed by atoms with van der Waals surface area (Å²) in [6.07, 6.45) is 0.171. The van der Waals surface area contributed by atoms with E-state index in [1.165, 1.54) is 0 Å². The second-order valence-electron chi connectivity index (χ2n) is 3.07. The second kappa shape index (κ2) is 4.19. The van der Waals surface area contributed by atoms with Crippen molar-refractivity contribution in [3.8, 4) is 11.5 Å². The van der Waals surface area contributed by atoms with Gasteiger partial charge in [0.25, 0.3) is 0 Å². The summed E-state index contributed by atoms with van der Waals surface area (Å²) < 4.78 is 16.9. The molecular formula is C10H11BrO3. The van der Waals surface area contributed by atoms with Crippen molar-refractivity contribution in [1.82, 2.24) is 0 Å². The Morgan fingerprint density at radius 2 is 2.14 bits per heavy atom. The van der Waals surface area contributed by atoms with Crippen LogP contribution in [0.15, 0.2) is 22.7 Å². The van der Waals surface area contributed by atoms with E-state index in [1.54, 1.807) is 7.11 Å². The highest BCUT2D eigenvalue weighted by Gasteiger charge is 2.21. The van der Waals surface area contributed by atoms with Crippen molar-refractivity contribution in [3.05, 3.63) is 22.7 Å². The third-order valence-corrected chi connectivity index (χ3v) is 2.52. The minimum atomic E-state index is 0.171. The van der Waals surface area contributed by atoms with Gasteiger partial charge in [-0.3, -0.25) is 0 Å². The predicted octanol–water partition coefficient (Wildman–Crippen LogP) is 2.24.